The third-order valence-corrected chi connectivity index (χ3v) is 2.76. The summed E-state index contributed by atoms with van der Waals surface area (Å²) in [6.07, 6.45) is 0.349. The van der Waals surface area contributed by atoms with Crippen molar-refractivity contribution in [3.05, 3.63) is 0 Å². The van der Waals surface area contributed by atoms with Gasteiger partial charge in [-0.2, -0.15) is 0 Å². The van der Waals surface area contributed by atoms with E-state index in [0.29, 0.717) is 6.10 Å². The molecular weight excluding hydrogens is 188 g/mol. The van der Waals surface area contributed by atoms with Crippen LogP contribution in [0.2, 0.25) is 0 Å². The zero-order chi connectivity index (χ0) is 11.1. The minimum Gasteiger partial charge on any atom is -0.374 e. The zero-order valence-electron chi connectivity index (χ0n) is 10.1. The van der Waals surface area contributed by atoms with Crippen LogP contribution in [0, 0.1) is 11.8 Å². The molecule has 0 amide bonds. The smallest absolute Gasteiger partial charge is 0.0829 e. The van der Waals surface area contributed by atoms with Crippen LogP contribution in [0.4, 0.5) is 0 Å². The molecule has 15 heavy (non-hydrogen) atoms. The molecule has 1 saturated heterocycles. The highest BCUT2D eigenvalue weighted by Crippen LogP contribution is 2.05. The number of rotatable bonds is 4. The second-order valence-electron chi connectivity index (χ2n) is 4.01. The van der Waals surface area contributed by atoms with Crippen molar-refractivity contribution in [1.82, 2.24) is 9.80 Å². The fourth-order valence-corrected chi connectivity index (χ4v) is 1.70. The molecular formula is C12H22N2O. The molecule has 3 nitrogen and oxygen atoms in total. The summed E-state index contributed by atoms with van der Waals surface area (Å²) in [7, 11) is 2.13. The highest BCUT2D eigenvalue weighted by Gasteiger charge is 2.20. The number of hydrogen-bond acceptors (Lipinski definition) is 3. The van der Waals surface area contributed by atoms with Gasteiger partial charge in [0.05, 0.1) is 19.3 Å². The first kappa shape index (κ1) is 12.5. The summed E-state index contributed by atoms with van der Waals surface area (Å²) in [6, 6.07) is 0. The topological polar surface area (TPSA) is 15.7 Å². The van der Waals surface area contributed by atoms with Crippen molar-refractivity contribution in [2.45, 2.75) is 20.0 Å². The maximum absolute atomic E-state index is 5.73. The van der Waals surface area contributed by atoms with Crippen molar-refractivity contribution in [3.8, 4) is 11.8 Å². The molecule has 0 aromatic rings. The summed E-state index contributed by atoms with van der Waals surface area (Å²) >= 11 is 0. The average molecular weight is 210 g/mol. The molecule has 1 unspecified atom stereocenters. The molecule has 0 spiro atoms. The minimum absolute atomic E-state index is 0.349. The third kappa shape index (κ3) is 4.65. The predicted octanol–water partition coefficient (Wildman–Crippen LogP) is 0.662. The molecule has 0 aliphatic carbocycles. The Labute approximate surface area is 93.4 Å². The van der Waals surface area contributed by atoms with Crippen LogP contribution < -0.4 is 0 Å². The van der Waals surface area contributed by atoms with Crippen LogP contribution in [0.3, 0.4) is 0 Å². The number of morpholine rings is 1. The van der Waals surface area contributed by atoms with Gasteiger partial charge in [-0.25, -0.2) is 0 Å². The van der Waals surface area contributed by atoms with Gasteiger partial charge in [0.25, 0.3) is 0 Å². The Morgan fingerprint density at radius 3 is 3.00 bits per heavy atom. The lowest BCUT2D eigenvalue weighted by Crippen LogP contribution is -2.46. The maximum atomic E-state index is 5.73. The number of likely N-dealkylation sites (N-methyl/N-ethyl adjacent to an activating group) is 1. The van der Waals surface area contributed by atoms with Crippen molar-refractivity contribution in [2.75, 3.05) is 46.4 Å². The van der Waals surface area contributed by atoms with E-state index in [0.717, 1.165) is 39.3 Å². The summed E-state index contributed by atoms with van der Waals surface area (Å²) in [5.41, 5.74) is 0. The highest BCUT2D eigenvalue weighted by atomic mass is 16.5. The van der Waals surface area contributed by atoms with Crippen LogP contribution in [0.1, 0.15) is 13.8 Å². The first-order chi connectivity index (χ1) is 7.26. The second-order valence-corrected chi connectivity index (χ2v) is 4.01. The Bertz CT molecular complexity index is 232. The SMILES string of the molecule is CC#CCN1CCOC(CN(C)CC)C1. The van der Waals surface area contributed by atoms with Crippen molar-refractivity contribution < 1.29 is 4.74 Å². The molecule has 3 heteroatoms. The van der Waals surface area contributed by atoms with Crippen LogP contribution >= 0.6 is 0 Å². The molecule has 0 radical (unpaired) electrons. The molecule has 1 rings (SSSR count). The Morgan fingerprint density at radius 1 is 1.53 bits per heavy atom. The molecule has 0 saturated carbocycles. The van der Waals surface area contributed by atoms with E-state index in [1.165, 1.54) is 0 Å². The van der Waals surface area contributed by atoms with E-state index >= 15 is 0 Å². The normalized spacial score (nSPS) is 22.5. The molecule has 1 fully saturated rings. The molecule has 1 atom stereocenters. The fraction of sp³-hybridized carbons (Fsp3) is 0.833. The fourth-order valence-electron chi connectivity index (χ4n) is 1.70. The van der Waals surface area contributed by atoms with Crippen molar-refractivity contribution >= 4 is 0 Å². The Kier molecular flexibility index (Phi) is 5.70. The lowest BCUT2D eigenvalue weighted by atomic mass is 10.2. The molecule has 0 N–H and O–H groups in total. The summed E-state index contributed by atoms with van der Waals surface area (Å²) in [5.74, 6) is 6.05. The molecule has 0 aromatic heterocycles. The lowest BCUT2D eigenvalue weighted by molar-refractivity contribution is -0.0358. The summed E-state index contributed by atoms with van der Waals surface area (Å²) in [4.78, 5) is 4.66. The summed E-state index contributed by atoms with van der Waals surface area (Å²) in [6.45, 7) is 9.91. The van der Waals surface area contributed by atoms with Crippen molar-refractivity contribution in [1.29, 1.82) is 0 Å². The van der Waals surface area contributed by atoms with Gasteiger partial charge in [-0.3, -0.25) is 4.90 Å². The van der Waals surface area contributed by atoms with Gasteiger partial charge in [-0.05, 0) is 20.5 Å². The molecule has 0 aromatic carbocycles. The van der Waals surface area contributed by atoms with Crippen LogP contribution in [-0.4, -0.2) is 62.3 Å². The molecule has 1 aliphatic heterocycles. The average Bonchev–Trinajstić information content (AvgIpc) is 2.26. The molecule has 1 heterocycles. The zero-order valence-corrected chi connectivity index (χ0v) is 10.1. The van der Waals surface area contributed by atoms with Gasteiger partial charge in [0.15, 0.2) is 0 Å². The minimum atomic E-state index is 0.349. The first-order valence-electron chi connectivity index (χ1n) is 5.68. The van der Waals surface area contributed by atoms with E-state index < -0.39 is 0 Å². The second kappa shape index (κ2) is 6.84. The van der Waals surface area contributed by atoms with Gasteiger partial charge in [0.2, 0.25) is 0 Å². The molecule has 0 bridgehead atoms. The predicted molar refractivity (Wildman–Crippen MR) is 62.8 cm³/mol. The lowest BCUT2D eigenvalue weighted by Gasteiger charge is -2.33. The van der Waals surface area contributed by atoms with Gasteiger partial charge >= 0.3 is 0 Å². The van der Waals surface area contributed by atoms with Crippen LogP contribution in [0.5, 0.6) is 0 Å². The van der Waals surface area contributed by atoms with Gasteiger partial charge in [-0.15, -0.1) is 5.92 Å². The van der Waals surface area contributed by atoms with Gasteiger partial charge in [0, 0.05) is 19.6 Å². The molecule has 86 valence electrons. The van der Waals surface area contributed by atoms with Gasteiger partial charge in [0.1, 0.15) is 0 Å². The van der Waals surface area contributed by atoms with Crippen molar-refractivity contribution in [3.63, 3.8) is 0 Å². The van der Waals surface area contributed by atoms with E-state index in [-0.39, 0.29) is 0 Å². The number of hydrogen-bond donors (Lipinski definition) is 0. The summed E-state index contributed by atoms with van der Waals surface area (Å²) in [5, 5.41) is 0. The van der Waals surface area contributed by atoms with E-state index in [1.54, 1.807) is 0 Å². The largest absolute Gasteiger partial charge is 0.374 e. The number of ether oxygens (including phenoxy) is 1. The summed E-state index contributed by atoms with van der Waals surface area (Å²) < 4.78 is 5.73. The quantitative estimate of drug-likeness (QED) is 0.634. The highest BCUT2D eigenvalue weighted by molar-refractivity contribution is 4.98. The monoisotopic (exact) mass is 210 g/mol. The first-order valence-corrected chi connectivity index (χ1v) is 5.68. The Morgan fingerprint density at radius 2 is 2.33 bits per heavy atom. The van der Waals surface area contributed by atoms with E-state index in [2.05, 4.69) is 35.6 Å². The Balaban J connectivity index is 2.30. The standard InChI is InChI=1S/C12H22N2O/c1-4-6-7-14-8-9-15-12(11-14)10-13(3)5-2/h12H,5,7-11H2,1-3H3. The van der Waals surface area contributed by atoms with Gasteiger partial charge in [-0.1, -0.05) is 12.8 Å². The van der Waals surface area contributed by atoms with Crippen molar-refractivity contribution in [2.24, 2.45) is 0 Å². The van der Waals surface area contributed by atoms with Crippen LogP contribution in [0.15, 0.2) is 0 Å². The van der Waals surface area contributed by atoms with Crippen LogP contribution in [-0.2, 0) is 4.74 Å². The van der Waals surface area contributed by atoms with E-state index in [4.69, 9.17) is 4.74 Å². The van der Waals surface area contributed by atoms with Gasteiger partial charge < -0.3 is 9.64 Å². The van der Waals surface area contributed by atoms with E-state index in [1.807, 2.05) is 6.92 Å². The molecule has 1 aliphatic rings. The third-order valence-electron chi connectivity index (χ3n) is 2.76. The maximum Gasteiger partial charge on any atom is 0.0829 e. The Hall–Kier alpha value is -0.560. The van der Waals surface area contributed by atoms with E-state index in [9.17, 15) is 0 Å². The van der Waals surface area contributed by atoms with Crippen LogP contribution in [0.25, 0.3) is 0 Å². The number of nitrogens with zero attached hydrogens (tertiary/aromatic N) is 2.